The van der Waals surface area contributed by atoms with Crippen molar-refractivity contribution in [1.82, 2.24) is 9.88 Å². The van der Waals surface area contributed by atoms with Crippen molar-refractivity contribution in [3.63, 3.8) is 0 Å². The zero-order valence-corrected chi connectivity index (χ0v) is 11.5. The zero-order valence-electron chi connectivity index (χ0n) is 11.5. The Morgan fingerprint density at radius 2 is 2.22 bits per heavy atom. The van der Waals surface area contributed by atoms with Crippen LogP contribution >= 0.6 is 0 Å². The molecule has 0 unspecified atom stereocenters. The van der Waals surface area contributed by atoms with Crippen molar-refractivity contribution in [2.24, 2.45) is 11.7 Å². The Morgan fingerprint density at radius 3 is 2.78 bits per heavy atom. The molecule has 0 saturated heterocycles. The first-order valence-corrected chi connectivity index (χ1v) is 6.47. The second-order valence-electron chi connectivity index (χ2n) is 4.96. The Labute approximate surface area is 109 Å². The van der Waals surface area contributed by atoms with Gasteiger partial charge in [-0.3, -0.25) is 9.78 Å². The Hall–Kier alpha value is -1.42. The van der Waals surface area contributed by atoms with Gasteiger partial charge in [0.25, 0.3) is 5.91 Å². The van der Waals surface area contributed by atoms with Crippen LogP contribution in [0.5, 0.6) is 0 Å². The van der Waals surface area contributed by atoms with E-state index in [1.807, 2.05) is 24.0 Å². The van der Waals surface area contributed by atoms with E-state index in [1.54, 1.807) is 6.20 Å². The van der Waals surface area contributed by atoms with Crippen LogP contribution in [0.3, 0.4) is 0 Å². The predicted molar refractivity (Wildman–Crippen MR) is 73.4 cm³/mol. The summed E-state index contributed by atoms with van der Waals surface area (Å²) in [5.74, 6) is 0.450. The van der Waals surface area contributed by atoms with Gasteiger partial charge >= 0.3 is 0 Å². The molecule has 4 nitrogen and oxygen atoms in total. The molecule has 1 amide bonds. The van der Waals surface area contributed by atoms with Crippen LogP contribution < -0.4 is 5.73 Å². The van der Waals surface area contributed by atoms with Crippen molar-refractivity contribution < 1.29 is 4.79 Å². The Bertz CT molecular complexity index is 390. The van der Waals surface area contributed by atoms with Crippen LogP contribution in [-0.2, 0) is 0 Å². The van der Waals surface area contributed by atoms with E-state index in [9.17, 15) is 4.79 Å². The van der Waals surface area contributed by atoms with Gasteiger partial charge in [-0.05, 0) is 37.4 Å². The largest absolute Gasteiger partial charge is 0.337 e. The summed E-state index contributed by atoms with van der Waals surface area (Å²) >= 11 is 0. The highest BCUT2D eigenvalue weighted by Gasteiger charge is 2.18. The standard InChI is InChI=1S/C14H23N3O/c1-11(2)10-17(9-5-7-15)14(18)13-12(3)6-4-8-16-13/h4,6,8,11H,5,7,9-10,15H2,1-3H3. The van der Waals surface area contributed by atoms with Gasteiger partial charge in [0.05, 0.1) is 0 Å². The third-order valence-corrected chi connectivity index (χ3v) is 2.72. The molecule has 0 atom stereocenters. The van der Waals surface area contributed by atoms with Gasteiger partial charge in [0.1, 0.15) is 5.69 Å². The minimum absolute atomic E-state index is 0.00949. The van der Waals surface area contributed by atoms with Crippen LogP contribution in [0.2, 0.25) is 0 Å². The van der Waals surface area contributed by atoms with Crippen molar-refractivity contribution >= 4 is 5.91 Å². The average molecular weight is 249 g/mol. The van der Waals surface area contributed by atoms with Crippen molar-refractivity contribution in [2.75, 3.05) is 19.6 Å². The van der Waals surface area contributed by atoms with Crippen LogP contribution in [-0.4, -0.2) is 35.4 Å². The molecule has 4 heteroatoms. The molecule has 0 spiro atoms. The second-order valence-corrected chi connectivity index (χ2v) is 4.96. The second kappa shape index (κ2) is 7.11. The third kappa shape index (κ3) is 4.11. The lowest BCUT2D eigenvalue weighted by Crippen LogP contribution is -2.36. The molecular formula is C14H23N3O. The summed E-state index contributed by atoms with van der Waals surface area (Å²) in [6, 6.07) is 3.76. The first kappa shape index (κ1) is 14.6. The highest BCUT2D eigenvalue weighted by Crippen LogP contribution is 2.10. The molecule has 0 saturated carbocycles. The van der Waals surface area contributed by atoms with Crippen molar-refractivity contribution in [2.45, 2.75) is 27.2 Å². The molecule has 1 aromatic rings. The summed E-state index contributed by atoms with van der Waals surface area (Å²) in [6.45, 7) is 8.17. The van der Waals surface area contributed by atoms with Gasteiger partial charge in [-0.25, -0.2) is 0 Å². The van der Waals surface area contributed by atoms with E-state index in [1.165, 1.54) is 0 Å². The molecule has 0 aliphatic heterocycles. The lowest BCUT2D eigenvalue weighted by molar-refractivity contribution is 0.0728. The van der Waals surface area contributed by atoms with E-state index in [0.717, 1.165) is 18.5 Å². The zero-order chi connectivity index (χ0) is 13.5. The summed E-state index contributed by atoms with van der Waals surface area (Å²) in [4.78, 5) is 18.5. The van der Waals surface area contributed by atoms with E-state index in [-0.39, 0.29) is 5.91 Å². The van der Waals surface area contributed by atoms with Gasteiger partial charge in [-0.1, -0.05) is 19.9 Å². The number of aryl methyl sites for hydroxylation is 1. The molecule has 0 fully saturated rings. The number of nitrogens with zero attached hydrogens (tertiary/aromatic N) is 2. The number of nitrogens with two attached hydrogens (primary N) is 1. The molecule has 0 radical (unpaired) electrons. The molecule has 18 heavy (non-hydrogen) atoms. The first-order valence-electron chi connectivity index (χ1n) is 6.47. The van der Waals surface area contributed by atoms with Gasteiger partial charge in [0.15, 0.2) is 0 Å². The maximum Gasteiger partial charge on any atom is 0.272 e. The minimum atomic E-state index is 0.00949. The summed E-state index contributed by atoms with van der Waals surface area (Å²) in [5.41, 5.74) is 6.99. The predicted octanol–water partition coefficient (Wildman–Crippen LogP) is 1.84. The van der Waals surface area contributed by atoms with E-state index in [4.69, 9.17) is 5.73 Å². The molecule has 1 heterocycles. The van der Waals surface area contributed by atoms with Gasteiger partial charge < -0.3 is 10.6 Å². The molecule has 1 aromatic heterocycles. The molecular weight excluding hydrogens is 226 g/mol. The summed E-state index contributed by atoms with van der Waals surface area (Å²) < 4.78 is 0. The van der Waals surface area contributed by atoms with Gasteiger partial charge in [0.2, 0.25) is 0 Å². The Morgan fingerprint density at radius 1 is 1.50 bits per heavy atom. The average Bonchev–Trinajstić information content (AvgIpc) is 2.34. The van der Waals surface area contributed by atoms with E-state index < -0.39 is 0 Å². The first-order chi connectivity index (χ1) is 8.56. The van der Waals surface area contributed by atoms with E-state index in [0.29, 0.717) is 24.7 Å². The van der Waals surface area contributed by atoms with Gasteiger partial charge in [-0.15, -0.1) is 0 Å². The van der Waals surface area contributed by atoms with Gasteiger partial charge in [0, 0.05) is 19.3 Å². The van der Waals surface area contributed by atoms with Crippen molar-refractivity contribution in [3.8, 4) is 0 Å². The molecule has 0 bridgehead atoms. The summed E-state index contributed by atoms with van der Waals surface area (Å²) in [7, 11) is 0. The van der Waals surface area contributed by atoms with Crippen LogP contribution in [0.25, 0.3) is 0 Å². The fourth-order valence-corrected chi connectivity index (χ4v) is 1.86. The molecule has 1 rings (SSSR count). The lowest BCUT2D eigenvalue weighted by atomic mass is 10.1. The minimum Gasteiger partial charge on any atom is -0.337 e. The number of amides is 1. The van der Waals surface area contributed by atoms with Crippen LogP contribution in [0.4, 0.5) is 0 Å². The molecule has 0 aliphatic carbocycles. The fourth-order valence-electron chi connectivity index (χ4n) is 1.86. The smallest absolute Gasteiger partial charge is 0.272 e. The lowest BCUT2D eigenvalue weighted by Gasteiger charge is -2.24. The number of hydrogen-bond acceptors (Lipinski definition) is 3. The highest BCUT2D eigenvalue weighted by atomic mass is 16.2. The maximum absolute atomic E-state index is 12.4. The highest BCUT2D eigenvalue weighted by molar-refractivity contribution is 5.93. The molecule has 0 aliphatic rings. The SMILES string of the molecule is Cc1cccnc1C(=O)N(CCCN)CC(C)C. The number of rotatable bonds is 6. The third-order valence-electron chi connectivity index (χ3n) is 2.72. The summed E-state index contributed by atoms with van der Waals surface area (Å²) in [6.07, 6.45) is 2.49. The normalized spacial score (nSPS) is 10.7. The van der Waals surface area contributed by atoms with Crippen LogP contribution in [0.1, 0.15) is 36.3 Å². The quantitative estimate of drug-likeness (QED) is 0.837. The van der Waals surface area contributed by atoms with Crippen molar-refractivity contribution in [1.29, 1.82) is 0 Å². The Kier molecular flexibility index (Phi) is 5.78. The summed E-state index contributed by atoms with van der Waals surface area (Å²) in [5, 5.41) is 0. The maximum atomic E-state index is 12.4. The van der Waals surface area contributed by atoms with E-state index >= 15 is 0 Å². The van der Waals surface area contributed by atoms with Crippen LogP contribution in [0, 0.1) is 12.8 Å². The fraction of sp³-hybridized carbons (Fsp3) is 0.571. The Balaban J connectivity index is 2.84. The van der Waals surface area contributed by atoms with E-state index in [2.05, 4.69) is 18.8 Å². The topological polar surface area (TPSA) is 59.2 Å². The number of carbonyl (C=O) groups is 1. The number of pyridine rings is 1. The van der Waals surface area contributed by atoms with Gasteiger partial charge in [-0.2, -0.15) is 0 Å². The molecule has 2 N–H and O–H groups in total. The monoisotopic (exact) mass is 249 g/mol. The number of hydrogen-bond donors (Lipinski definition) is 1. The molecule has 0 aromatic carbocycles. The number of aromatic nitrogens is 1. The van der Waals surface area contributed by atoms with Crippen molar-refractivity contribution in [3.05, 3.63) is 29.6 Å². The number of carbonyl (C=O) groups excluding carboxylic acids is 1. The van der Waals surface area contributed by atoms with Crippen LogP contribution in [0.15, 0.2) is 18.3 Å². The molecule has 100 valence electrons.